The van der Waals surface area contributed by atoms with Crippen LogP contribution in [0.15, 0.2) is 60.9 Å². The number of aromatic nitrogens is 2. The fraction of sp³-hybridized carbons (Fsp3) is 0.200. The number of pyridine rings is 1. The van der Waals surface area contributed by atoms with Gasteiger partial charge in [0.25, 0.3) is 0 Å². The van der Waals surface area contributed by atoms with E-state index in [2.05, 4.69) is 31.1 Å². The van der Waals surface area contributed by atoms with Gasteiger partial charge in [0.15, 0.2) is 0 Å². The van der Waals surface area contributed by atoms with Crippen molar-refractivity contribution in [3.8, 4) is 0 Å². The number of rotatable bonds is 3. The van der Waals surface area contributed by atoms with Gasteiger partial charge in [-0.2, -0.15) is 0 Å². The molecule has 0 saturated carbocycles. The zero-order valence-corrected chi connectivity index (χ0v) is 14.2. The van der Waals surface area contributed by atoms with Crippen LogP contribution >= 0.6 is 0 Å². The molecule has 4 nitrogen and oxygen atoms in total. The number of carbonyl (C=O) groups is 1. The molecule has 3 aromatic rings. The van der Waals surface area contributed by atoms with Crippen LogP contribution in [0.5, 0.6) is 0 Å². The Hall–Kier alpha value is -2.88. The van der Waals surface area contributed by atoms with Gasteiger partial charge in [0.1, 0.15) is 5.65 Å². The molecule has 0 saturated heterocycles. The Morgan fingerprint density at radius 3 is 2.58 bits per heavy atom. The molecule has 24 heavy (non-hydrogen) atoms. The average Bonchev–Trinajstić information content (AvgIpc) is 2.96. The van der Waals surface area contributed by atoms with Crippen molar-refractivity contribution in [3.05, 3.63) is 72.2 Å². The molecular formula is C20H21N3O. The molecule has 0 spiro atoms. The zero-order chi connectivity index (χ0) is 17.2. The van der Waals surface area contributed by atoms with Gasteiger partial charge in [-0.25, -0.2) is 4.98 Å². The number of imidazole rings is 1. The standard InChI is InChI=1S/C20H21N3O/c1-20(2,3)15-7-9-16(10-8-15)22-19(24)12-11-17-14-21-18-6-4-5-13-23(17)18/h4-14H,1-3H3,(H,22,24)/b12-11+. The first-order valence-corrected chi connectivity index (χ1v) is 7.95. The van der Waals surface area contributed by atoms with Crippen molar-refractivity contribution < 1.29 is 4.79 Å². The number of amides is 1. The molecule has 1 N–H and O–H groups in total. The summed E-state index contributed by atoms with van der Waals surface area (Å²) >= 11 is 0. The van der Waals surface area contributed by atoms with Crippen LogP contribution in [0.3, 0.4) is 0 Å². The zero-order valence-electron chi connectivity index (χ0n) is 14.2. The highest BCUT2D eigenvalue weighted by Crippen LogP contribution is 2.23. The first-order chi connectivity index (χ1) is 11.4. The lowest BCUT2D eigenvalue weighted by Gasteiger charge is -2.19. The molecule has 0 unspecified atom stereocenters. The quantitative estimate of drug-likeness (QED) is 0.732. The van der Waals surface area contributed by atoms with Gasteiger partial charge in [0.05, 0.1) is 11.9 Å². The Balaban J connectivity index is 1.69. The van der Waals surface area contributed by atoms with Gasteiger partial charge in [0, 0.05) is 18.0 Å². The van der Waals surface area contributed by atoms with Gasteiger partial charge in [-0.1, -0.05) is 39.0 Å². The van der Waals surface area contributed by atoms with E-state index >= 15 is 0 Å². The van der Waals surface area contributed by atoms with E-state index in [-0.39, 0.29) is 11.3 Å². The predicted octanol–water partition coefficient (Wildman–Crippen LogP) is 4.28. The summed E-state index contributed by atoms with van der Waals surface area (Å²) in [6, 6.07) is 13.7. The van der Waals surface area contributed by atoms with Crippen LogP contribution in [0.1, 0.15) is 32.0 Å². The van der Waals surface area contributed by atoms with Gasteiger partial charge < -0.3 is 9.72 Å². The highest BCUT2D eigenvalue weighted by atomic mass is 16.1. The number of fused-ring (bicyclic) bond motifs is 1. The highest BCUT2D eigenvalue weighted by Gasteiger charge is 2.12. The van der Waals surface area contributed by atoms with Crippen LogP contribution in [0.2, 0.25) is 0 Å². The first-order valence-electron chi connectivity index (χ1n) is 7.95. The van der Waals surface area contributed by atoms with E-state index in [0.717, 1.165) is 17.0 Å². The molecule has 0 aliphatic heterocycles. The lowest BCUT2D eigenvalue weighted by atomic mass is 9.87. The van der Waals surface area contributed by atoms with Gasteiger partial charge in [-0.15, -0.1) is 0 Å². The second-order valence-corrected chi connectivity index (χ2v) is 6.76. The smallest absolute Gasteiger partial charge is 0.248 e. The van der Waals surface area contributed by atoms with Crippen molar-refractivity contribution in [1.29, 1.82) is 0 Å². The summed E-state index contributed by atoms with van der Waals surface area (Å²) in [7, 11) is 0. The maximum absolute atomic E-state index is 12.1. The largest absolute Gasteiger partial charge is 0.323 e. The molecule has 0 bridgehead atoms. The van der Waals surface area contributed by atoms with Gasteiger partial charge in [-0.3, -0.25) is 4.79 Å². The summed E-state index contributed by atoms with van der Waals surface area (Å²) in [5, 5.41) is 2.88. The third-order valence-corrected chi connectivity index (χ3v) is 3.87. The van der Waals surface area contributed by atoms with E-state index in [9.17, 15) is 4.79 Å². The molecule has 2 heterocycles. The van der Waals surface area contributed by atoms with E-state index < -0.39 is 0 Å². The van der Waals surface area contributed by atoms with Crippen molar-refractivity contribution in [2.24, 2.45) is 0 Å². The summed E-state index contributed by atoms with van der Waals surface area (Å²) in [5.74, 6) is -0.163. The Morgan fingerprint density at radius 2 is 1.88 bits per heavy atom. The Labute approximate surface area is 141 Å². The average molecular weight is 319 g/mol. The summed E-state index contributed by atoms with van der Waals surface area (Å²) < 4.78 is 1.93. The Kier molecular flexibility index (Phi) is 4.21. The molecule has 1 aromatic carbocycles. The number of benzene rings is 1. The summed E-state index contributed by atoms with van der Waals surface area (Å²) in [6.07, 6.45) is 6.95. The molecule has 3 rings (SSSR count). The van der Waals surface area contributed by atoms with Crippen molar-refractivity contribution in [1.82, 2.24) is 9.38 Å². The summed E-state index contributed by atoms with van der Waals surface area (Å²) in [5.41, 5.74) is 3.85. The Morgan fingerprint density at radius 1 is 1.12 bits per heavy atom. The van der Waals surface area contributed by atoms with Crippen LogP contribution in [0.25, 0.3) is 11.7 Å². The van der Waals surface area contributed by atoms with Gasteiger partial charge >= 0.3 is 0 Å². The molecule has 0 aliphatic rings. The van der Waals surface area contributed by atoms with E-state index in [4.69, 9.17) is 0 Å². The van der Waals surface area contributed by atoms with Crippen LogP contribution in [0.4, 0.5) is 5.69 Å². The number of nitrogens with zero attached hydrogens (tertiary/aromatic N) is 2. The second-order valence-electron chi connectivity index (χ2n) is 6.76. The van der Waals surface area contributed by atoms with E-state index in [0.29, 0.717) is 0 Å². The number of nitrogens with one attached hydrogen (secondary N) is 1. The molecule has 0 aliphatic carbocycles. The van der Waals surface area contributed by atoms with E-state index in [1.54, 1.807) is 12.3 Å². The fourth-order valence-electron chi connectivity index (χ4n) is 2.47. The van der Waals surface area contributed by atoms with Gasteiger partial charge in [0.2, 0.25) is 5.91 Å². The number of anilines is 1. The van der Waals surface area contributed by atoms with Crippen molar-refractivity contribution in [3.63, 3.8) is 0 Å². The molecule has 0 radical (unpaired) electrons. The summed E-state index contributed by atoms with van der Waals surface area (Å²) in [6.45, 7) is 6.50. The Bertz CT molecular complexity index is 883. The molecule has 0 atom stereocenters. The molecule has 0 fully saturated rings. The van der Waals surface area contributed by atoms with Crippen molar-refractivity contribution >= 4 is 23.3 Å². The maximum Gasteiger partial charge on any atom is 0.248 e. The highest BCUT2D eigenvalue weighted by molar-refractivity contribution is 6.01. The third-order valence-electron chi connectivity index (χ3n) is 3.87. The minimum absolute atomic E-state index is 0.103. The lowest BCUT2D eigenvalue weighted by Crippen LogP contribution is -2.12. The van der Waals surface area contributed by atoms with Crippen molar-refractivity contribution in [2.45, 2.75) is 26.2 Å². The normalized spacial score (nSPS) is 12.0. The monoisotopic (exact) mass is 319 g/mol. The number of carbonyl (C=O) groups excluding carboxylic acids is 1. The first kappa shape index (κ1) is 16.0. The summed E-state index contributed by atoms with van der Waals surface area (Å²) in [4.78, 5) is 16.4. The van der Waals surface area contributed by atoms with Crippen molar-refractivity contribution in [2.75, 3.05) is 5.32 Å². The van der Waals surface area contributed by atoms with E-state index in [1.807, 2.05) is 53.1 Å². The molecule has 4 heteroatoms. The molecule has 122 valence electrons. The fourth-order valence-corrected chi connectivity index (χ4v) is 2.47. The minimum atomic E-state index is -0.163. The van der Waals surface area contributed by atoms with E-state index in [1.165, 1.54) is 11.6 Å². The predicted molar refractivity (Wildman–Crippen MR) is 98.0 cm³/mol. The second kappa shape index (κ2) is 6.32. The van der Waals surface area contributed by atoms with Gasteiger partial charge in [-0.05, 0) is 41.3 Å². The van der Waals surface area contributed by atoms with Crippen LogP contribution < -0.4 is 5.32 Å². The number of hydrogen-bond donors (Lipinski definition) is 1. The molecule has 1 amide bonds. The molecular weight excluding hydrogens is 298 g/mol. The topological polar surface area (TPSA) is 46.4 Å². The van der Waals surface area contributed by atoms with Crippen LogP contribution in [-0.4, -0.2) is 15.3 Å². The third kappa shape index (κ3) is 3.54. The number of hydrogen-bond acceptors (Lipinski definition) is 2. The van der Waals surface area contributed by atoms with Crippen LogP contribution in [-0.2, 0) is 10.2 Å². The van der Waals surface area contributed by atoms with Crippen LogP contribution in [0, 0.1) is 0 Å². The minimum Gasteiger partial charge on any atom is -0.323 e. The lowest BCUT2D eigenvalue weighted by molar-refractivity contribution is -0.111. The SMILES string of the molecule is CC(C)(C)c1ccc(NC(=O)/C=C/c2cnc3ccccn23)cc1. The molecule has 2 aromatic heterocycles. The maximum atomic E-state index is 12.1.